The lowest BCUT2D eigenvalue weighted by Gasteiger charge is -2.08. The van der Waals surface area contributed by atoms with Crippen LogP contribution in [0.1, 0.15) is 5.56 Å². The lowest BCUT2D eigenvalue weighted by atomic mass is 10.2. The zero-order valence-electron chi connectivity index (χ0n) is 13.3. The van der Waals surface area contributed by atoms with Crippen molar-refractivity contribution in [2.45, 2.75) is 6.54 Å². The number of nitrogens with zero attached hydrogens (tertiary/aromatic N) is 4. The molecule has 2 heterocycles. The number of rotatable bonds is 8. The average molecular weight is 322 g/mol. The lowest BCUT2D eigenvalue weighted by Crippen LogP contribution is -2.05. The second kappa shape index (κ2) is 7.41. The molecule has 0 N–H and O–H groups in total. The maximum atomic E-state index is 5.60. The Bertz CT molecular complexity index is 843. The summed E-state index contributed by atoms with van der Waals surface area (Å²) in [6.45, 7) is 8.58. The SMILES string of the molecule is C=CCOc1nc(OCC=C)c2ncn(Cc3ccccc3)c2n1. The summed E-state index contributed by atoms with van der Waals surface area (Å²) < 4.78 is 13.0. The van der Waals surface area contributed by atoms with Crippen LogP contribution in [0.25, 0.3) is 11.2 Å². The predicted octanol–water partition coefficient (Wildman–Crippen LogP) is 3.00. The molecule has 3 aromatic rings. The second-order valence-electron chi connectivity index (χ2n) is 5.04. The van der Waals surface area contributed by atoms with Crippen LogP contribution < -0.4 is 9.47 Å². The van der Waals surface area contributed by atoms with Gasteiger partial charge in [0.1, 0.15) is 13.2 Å². The van der Waals surface area contributed by atoms with E-state index in [1.165, 1.54) is 0 Å². The summed E-state index contributed by atoms with van der Waals surface area (Å²) in [5.41, 5.74) is 2.41. The second-order valence-corrected chi connectivity index (χ2v) is 5.04. The Kier molecular flexibility index (Phi) is 4.86. The quantitative estimate of drug-likeness (QED) is 0.597. The van der Waals surface area contributed by atoms with Crippen LogP contribution in [-0.2, 0) is 6.54 Å². The van der Waals surface area contributed by atoms with E-state index in [1.54, 1.807) is 18.5 Å². The van der Waals surface area contributed by atoms with E-state index in [9.17, 15) is 0 Å². The highest BCUT2D eigenvalue weighted by Crippen LogP contribution is 2.24. The number of hydrogen-bond acceptors (Lipinski definition) is 5. The molecule has 122 valence electrons. The van der Waals surface area contributed by atoms with Crippen molar-refractivity contribution in [1.29, 1.82) is 0 Å². The van der Waals surface area contributed by atoms with Crippen LogP contribution >= 0.6 is 0 Å². The van der Waals surface area contributed by atoms with Gasteiger partial charge in [-0.15, -0.1) is 0 Å². The maximum absolute atomic E-state index is 5.60. The third kappa shape index (κ3) is 3.43. The highest BCUT2D eigenvalue weighted by molar-refractivity contribution is 5.76. The first-order valence-electron chi connectivity index (χ1n) is 7.56. The molecule has 24 heavy (non-hydrogen) atoms. The van der Waals surface area contributed by atoms with Gasteiger partial charge in [-0.05, 0) is 5.56 Å². The Labute approximate surface area is 140 Å². The highest BCUT2D eigenvalue weighted by Gasteiger charge is 2.15. The molecule has 0 aliphatic heterocycles. The monoisotopic (exact) mass is 322 g/mol. The van der Waals surface area contributed by atoms with Crippen LogP contribution in [0.3, 0.4) is 0 Å². The molecule has 0 amide bonds. The molecular weight excluding hydrogens is 304 g/mol. The number of aromatic nitrogens is 4. The van der Waals surface area contributed by atoms with Crippen molar-refractivity contribution in [2.24, 2.45) is 0 Å². The van der Waals surface area contributed by atoms with E-state index in [1.807, 2.05) is 22.8 Å². The van der Waals surface area contributed by atoms with Gasteiger partial charge in [0.05, 0.1) is 12.9 Å². The van der Waals surface area contributed by atoms with Gasteiger partial charge in [-0.3, -0.25) is 0 Å². The molecule has 0 saturated heterocycles. The van der Waals surface area contributed by atoms with E-state index < -0.39 is 0 Å². The smallest absolute Gasteiger partial charge is 0.322 e. The van der Waals surface area contributed by atoms with Gasteiger partial charge in [0.15, 0.2) is 11.2 Å². The molecule has 0 aliphatic carbocycles. The first kappa shape index (κ1) is 15.7. The van der Waals surface area contributed by atoms with Gasteiger partial charge in [-0.2, -0.15) is 9.97 Å². The minimum absolute atomic E-state index is 0.233. The molecule has 0 saturated carbocycles. The highest BCUT2D eigenvalue weighted by atomic mass is 16.5. The van der Waals surface area contributed by atoms with E-state index >= 15 is 0 Å². The van der Waals surface area contributed by atoms with Crippen molar-refractivity contribution in [3.8, 4) is 11.9 Å². The Hall–Kier alpha value is -3.15. The fourth-order valence-electron chi connectivity index (χ4n) is 2.23. The molecule has 3 rings (SSSR count). The van der Waals surface area contributed by atoms with Gasteiger partial charge in [0.2, 0.25) is 5.88 Å². The summed E-state index contributed by atoms with van der Waals surface area (Å²) in [5.74, 6) is 0.380. The van der Waals surface area contributed by atoms with E-state index in [2.05, 4.69) is 40.2 Å². The number of imidazole rings is 1. The molecule has 0 unspecified atom stereocenters. The largest absolute Gasteiger partial charge is 0.472 e. The Balaban J connectivity index is 2.00. The van der Waals surface area contributed by atoms with Gasteiger partial charge < -0.3 is 14.0 Å². The number of ether oxygens (including phenoxy) is 2. The zero-order chi connectivity index (χ0) is 16.8. The zero-order valence-corrected chi connectivity index (χ0v) is 13.3. The standard InChI is InChI=1S/C18H18N4O2/c1-3-10-23-17-15-16(20-18(21-17)24-11-4-2)22(13-19-15)12-14-8-6-5-7-9-14/h3-9,13H,1-2,10-12H2. The first-order valence-corrected chi connectivity index (χ1v) is 7.56. The minimum Gasteiger partial charge on any atom is -0.472 e. The lowest BCUT2D eigenvalue weighted by molar-refractivity contribution is 0.312. The van der Waals surface area contributed by atoms with Crippen LogP contribution in [-0.4, -0.2) is 32.7 Å². The summed E-state index contributed by atoms with van der Waals surface area (Å²) in [6.07, 6.45) is 5.02. The topological polar surface area (TPSA) is 62.1 Å². The average Bonchev–Trinajstić information content (AvgIpc) is 3.02. The van der Waals surface area contributed by atoms with Gasteiger partial charge in [0.25, 0.3) is 0 Å². The molecule has 6 nitrogen and oxygen atoms in total. The number of hydrogen-bond donors (Lipinski definition) is 0. The Morgan fingerprint density at radius 1 is 1.00 bits per heavy atom. The van der Waals surface area contributed by atoms with E-state index in [4.69, 9.17) is 9.47 Å². The Morgan fingerprint density at radius 3 is 2.50 bits per heavy atom. The van der Waals surface area contributed by atoms with E-state index in [0.717, 1.165) is 5.56 Å². The Morgan fingerprint density at radius 2 is 1.75 bits per heavy atom. The van der Waals surface area contributed by atoms with Gasteiger partial charge in [-0.1, -0.05) is 55.6 Å². The molecule has 0 spiro atoms. The van der Waals surface area contributed by atoms with Crippen molar-refractivity contribution < 1.29 is 9.47 Å². The van der Waals surface area contributed by atoms with Gasteiger partial charge in [0, 0.05) is 0 Å². The van der Waals surface area contributed by atoms with Crippen molar-refractivity contribution >= 4 is 11.2 Å². The summed E-state index contributed by atoms with van der Waals surface area (Å²) in [5, 5.41) is 0. The first-order chi connectivity index (χ1) is 11.8. The van der Waals surface area contributed by atoms with Gasteiger partial charge >= 0.3 is 6.01 Å². The molecule has 0 atom stereocenters. The van der Waals surface area contributed by atoms with E-state index in [0.29, 0.717) is 36.8 Å². The molecule has 0 radical (unpaired) electrons. The molecular formula is C18H18N4O2. The predicted molar refractivity (Wildman–Crippen MR) is 92.3 cm³/mol. The molecule has 2 aromatic heterocycles. The molecule has 0 bridgehead atoms. The molecule has 0 aliphatic rings. The van der Waals surface area contributed by atoms with Crippen molar-refractivity contribution in [3.05, 3.63) is 67.5 Å². The molecule has 0 fully saturated rings. The number of benzene rings is 1. The van der Waals surface area contributed by atoms with Crippen molar-refractivity contribution in [3.63, 3.8) is 0 Å². The van der Waals surface area contributed by atoms with E-state index in [-0.39, 0.29) is 6.01 Å². The third-order valence-corrected chi connectivity index (χ3v) is 3.28. The fourth-order valence-corrected chi connectivity index (χ4v) is 2.23. The third-order valence-electron chi connectivity index (χ3n) is 3.28. The normalized spacial score (nSPS) is 10.5. The summed E-state index contributed by atoms with van der Waals surface area (Å²) in [4.78, 5) is 13.1. The van der Waals surface area contributed by atoms with Gasteiger partial charge in [-0.25, -0.2) is 4.98 Å². The maximum Gasteiger partial charge on any atom is 0.322 e. The van der Waals surface area contributed by atoms with Crippen LogP contribution in [0.5, 0.6) is 11.9 Å². The fraction of sp³-hybridized carbons (Fsp3) is 0.167. The van der Waals surface area contributed by atoms with Crippen LogP contribution in [0, 0.1) is 0 Å². The van der Waals surface area contributed by atoms with Crippen molar-refractivity contribution in [2.75, 3.05) is 13.2 Å². The van der Waals surface area contributed by atoms with Crippen LogP contribution in [0.2, 0.25) is 0 Å². The van der Waals surface area contributed by atoms with Crippen molar-refractivity contribution in [1.82, 2.24) is 19.5 Å². The summed E-state index contributed by atoms with van der Waals surface area (Å²) >= 11 is 0. The van der Waals surface area contributed by atoms with Crippen LogP contribution in [0.15, 0.2) is 62.0 Å². The summed E-state index contributed by atoms with van der Waals surface area (Å²) in [7, 11) is 0. The molecule has 6 heteroatoms. The number of fused-ring (bicyclic) bond motifs is 1. The summed E-state index contributed by atoms with van der Waals surface area (Å²) in [6, 6.07) is 10.3. The minimum atomic E-state index is 0.233. The van der Waals surface area contributed by atoms with Crippen LogP contribution in [0.4, 0.5) is 0 Å². The molecule has 1 aromatic carbocycles.